The Labute approximate surface area is 146 Å². The zero-order valence-corrected chi connectivity index (χ0v) is 14.8. The van der Waals surface area contributed by atoms with Crippen molar-refractivity contribution in [1.29, 1.82) is 0 Å². The first-order valence-corrected chi connectivity index (χ1v) is 9.25. The average molecular weight is 321 g/mol. The maximum absolute atomic E-state index is 3.59. The van der Waals surface area contributed by atoms with Gasteiger partial charge in [0.2, 0.25) is 0 Å². The Hall–Kier alpha value is -1.93. The number of aryl methyl sites for hydroxylation is 1. The van der Waals surface area contributed by atoms with Crippen LogP contribution in [0.15, 0.2) is 48.5 Å². The summed E-state index contributed by atoms with van der Waals surface area (Å²) in [6, 6.07) is 17.4. The highest BCUT2D eigenvalue weighted by molar-refractivity contribution is 5.78. The first-order valence-electron chi connectivity index (χ1n) is 9.25. The van der Waals surface area contributed by atoms with Crippen LogP contribution in [0, 0.1) is 6.92 Å². The van der Waals surface area contributed by atoms with Gasteiger partial charge in [0.15, 0.2) is 6.21 Å². The monoisotopic (exact) mass is 321 g/mol. The van der Waals surface area contributed by atoms with Crippen LogP contribution in [0.1, 0.15) is 35.1 Å². The van der Waals surface area contributed by atoms with Gasteiger partial charge >= 0.3 is 0 Å². The maximum Gasteiger partial charge on any atom is 0.170 e. The molecular weight excluding hydrogens is 292 g/mol. The zero-order chi connectivity index (χ0) is 16.6. The third kappa shape index (κ3) is 4.78. The van der Waals surface area contributed by atoms with Crippen LogP contribution in [0.4, 0.5) is 0 Å². The van der Waals surface area contributed by atoms with E-state index in [-0.39, 0.29) is 0 Å². The second-order valence-electron chi connectivity index (χ2n) is 6.75. The van der Waals surface area contributed by atoms with Gasteiger partial charge in [0, 0.05) is 18.4 Å². The minimum Gasteiger partial charge on any atom is -0.316 e. The molecule has 0 atom stereocenters. The average Bonchev–Trinajstić information content (AvgIpc) is 2.62. The Balaban J connectivity index is 1.31. The number of hydrogen-bond donors (Lipinski definition) is 1. The first kappa shape index (κ1) is 16.9. The van der Waals surface area contributed by atoms with Crippen LogP contribution >= 0.6 is 0 Å². The van der Waals surface area contributed by atoms with E-state index < -0.39 is 0 Å². The Morgan fingerprint density at radius 3 is 2.71 bits per heavy atom. The fourth-order valence-electron chi connectivity index (χ4n) is 3.39. The summed E-state index contributed by atoms with van der Waals surface area (Å²) in [5, 5.41) is 3.59. The fourth-order valence-corrected chi connectivity index (χ4v) is 3.39. The van der Waals surface area contributed by atoms with Gasteiger partial charge in [0.25, 0.3) is 0 Å². The van der Waals surface area contributed by atoms with Crippen LogP contribution in [0.3, 0.4) is 0 Å². The van der Waals surface area contributed by atoms with Gasteiger partial charge in [0.1, 0.15) is 13.1 Å². The van der Waals surface area contributed by atoms with Crippen molar-refractivity contribution >= 4 is 6.21 Å². The molecule has 1 N–H and O–H groups in total. The largest absolute Gasteiger partial charge is 0.316 e. The molecule has 0 aromatic heterocycles. The summed E-state index contributed by atoms with van der Waals surface area (Å²) in [5.41, 5.74) is 5.76. The minimum absolute atomic E-state index is 1.08. The molecule has 0 aliphatic carbocycles. The van der Waals surface area contributed by atoms with Gasteiger partial charge < -0.3 is 5.32 Å². The zero-order valence-electron chi connectivity index (χ0n) is 14.8. The number of rotatable bonds is 8. The van der Waals surface area contributed by atoms with Gasteiger partial charge in [-0.05, 0) is 55.6 Å². The topological polar surface area (TPSA) is 15.0 Å². The lowest BCUT2D eigenvalue weighted by Crippen LogP contribution is -2.24. The summed E-state index contributed by atoms with van der Waals surface area (Å²) in [6.45, 7) is 6.73. The first-order chi connectivity index (χ1) is 11.8. The standard InChI is InChI=1S/C22H29N2/c1-19-8-2-3-9-20(19)12-15-23-14-6-7-16-24-17-13-21-10-4-5-11-22(21)18-24/h2-5,8-11,18,23H,6-7,12-17H2,1H3/q+1. The Kier molecular flexibility index (Phi) is 6.20. The lowest BCUT2D eigenvalue weighted by Gasteiger charge is -2.12. The van der Waals surface area contributed by atoms with E-state index in [4.69, 9.17) is 0 Å². The van der Waals surface area contributed by atoms with Crippen molar-refractivity contribution in [2.75, 3.05) is 26.2 Å². The summed E-state index contributed by atoms with van der Waals surface area (Å²) in [7, 11) is 0. The van der Waals surface area contributed by atoms with E-state index in [1.165, 1.54) is 48.1 Å². The number of unbranched alkanes of at least 4 members (excludes halogenated alkanes) is 1. The molecule has 3 rings (SSSR count). The van der Waals surface area contributed by atoms with Gasteiger partial charge in [-0.1, -0.05) is 42.5 Å². The van der Waals surface area contributed by atoms with Crippen molar-refractivity contribution in [3.8, 4) is 0 Å². The molecule has 1 heterocycles. The molecule has 0 bridgehead atoms. The highest BCUT2D eigenvalue weighted by Gasteiger charge is 2.14. The molecule has 126 valence electrons. The summed E-state index contributed by atoms with van der Waals surface area (Å²) < 4.78 is 2.48. The van der Waals surface area contributed by atoms with Gasteiger partial charge in [-0.2, -0.15) is 0 Å². The smallest absolute Gasteiger partial charge is 0.170 e. The molecule has 2 nitrogen and oxygen atoms in total. The van der Waals surface area contributed by atoms with Crippen LogP contribution in [0.5, 0.6) is 0 Å². The SMILES string of the molecule is Cc1ccccc1CCNCCCC[N+]1=Cc2ccccc2CC1. The second kappa shape index (κ2) is 8.79. The third-order valence-corrected chi connectivity index (χ3v) is 4.93. The normalized spacial score (nSPS) is 13.5. The molecule has 2 aromatic rings. The Bertz CT molecular complexity index is 688. The van der Waals surface area contributed by atoms with Crippen LogP contribution in [0.25, 0.3) is 0 Å². The molecule has 0 amide bonds. The van der Waals surface area contributed by atoms with Gasteiger partial charge in [-0.3, -0.25) is 0 Å². The van der Waals surface area contributed by atoms with Crippen molar-refractivity contribution in [2.45, 2.75) is 32.6 Å². The quantitative estimate of drug-likeness (QED) is 0.580. The molecule has 2 aromatic carbocycles. The van der Waals surface area contributed by atoms with Crippen molar-refractivity contribution in [3.05, 3.63) is 70.8 Å². The number of nitrogens with one attached hydrogen (secondary N) is 1. The number of nitrogens with zero attached hydrogens (tertiary/aromatic N) is 1. The van der Waals surface area contributed by atoms with Crippen molar-refractivity contribution in [3.63, 3.8) is 0 Å². The molecule has 0 unspecified atom stereocenters. The summed E-state index contributed by atoms with van der Waals surface area (Å²) in [6.07, 6.45) is 7.16. The predicted molar refractivity (Wildman–Crippen MR) is 102 cm³/mol. The number of benzene rings is 2. The molecule has 0 fully saturated rings. The van der Waals surface area contributed by atoms with Crippen LogP contribution in [-0.4, -0.2) is 37.0 Å². The van der Waals surface area contributed by atoms with E-state index in [1.807, 2.05) is 0 Å². The summed E-state index contributed by atoms with van der Waals surface area (Å²) in [4.78, 5) is 0. The van der Waals surface area contributed by atoms with Crippen molar-refractivity contribution < 1.29 is 4.58 Å². The third-order valence-electron chi connectivity index (χ3n) is 4.93. The van der Waals surface area contributed by atoms with E-state index in [9.17, 15) is 0 Å². The van der Waals surface area contributed by atoms with Crippen LogP contribution in [-0.2, 0) is 12.8 Å². The summed E-state index contributed by atoms with van der Waals surface area (Å²) >= 11 is 0. The molecule has 0 radical (unpaired) electrons. The van der Waals surface area contributed by atoms with E-state index in [0.29, 0.717) is 0 Å². The molecule has 0 spiro atoms. The van der Waals surface area contributed by atoms with Gasteiger partial charge in [0.05, 0.1) is 0 Å². The highest BCUT2D eigenvalue weighted by Crippen LogP contribution is 2.11. The van der Waals surface area contributed by atoms with Gasteiger partial charge in [-0.25, -0.2) is 4.58 Å². The lowest BCUT2D eigenvalue weighted by atomic mass is 10.0. The van der Waals surface area contributed by atoms with E-state index in [0.717, 1.165) is 26.1 Å². The maximum atomic E-state index is 3.59. The number of hydrogen-bond acceptors (Lipinski definition) is 1. The van der Waals surface area contributed by atoms with Crippen LogP contribution in [0.2, 0.25) is 0 Å². The van der Waals surface area contributed by atoms with Gasteiger partial charge in [-0.15, -0.1) is 0 Å². The highest BCUT2D eigenvalue weighted by atomic mass is 15.0. The summed E-state index contributed by atoms with van der Waals surface area (Å²) in [5.74, 6) is 0. The minimum atomic E-state index is 1.08. The molecule has 2 heteroatoms. The molecule has 1 aliphatic heterocycles. The Morgan fingerprint density at radius 2 is 1.79 bits per heavy atom. The second-order valence-corrected chi connectivity index (χ2v) is 6.75. The molecular formula is C22H29N2+. The van der Waals surface area contributed by atoms with Crippen molar-refractivity contribution in [1.82, 2.24) is 5.32 Å². The Morgan fingerprint density at radius 1 is 0.958 bits per heavy atom. The van der Waals surface area contributed by atoms with E-state index in [2.05, 4.69) is 71.6 Å². The predicted octanol–water partition coefficient (Wildman–Crippen LogP) is 3.60. The fraction of sp³-hybridized carbons (Fsp3) is 0.409. The molecule has 0 saturated carbocycles. The molecule has 1 aliphatic rings. The molecule has 24 heavy (non-hydrogen) atoms. The number of fused-ring (bicyclic) bond motifs is 1. The van der Waals surface area contributed by atoms with E-state index in [1.54, 1.807) is 0 Å². The van der Waals surface area contributed by atoms with E-state index >= 15 is 0 Å². The lowest BCUT2D eigenvalue weighted by molar-refractivity contribution is -0.524. The van der Waals surface area contributed by atoms with Crippen molar-refractivity contribution in [2.24, 2.45) is 0 Å². The van der Waals surface area contributed by atoms with Crippen LogP contribution < -0.4 is 5.32 Å². The molecule has 0 saturated heterocycles.